The third-order valence-corrected chi connectivity index (χ3v) is 4.44. The summed E-state index contributed by atoms with van der Waals surface area (Å²) in [5.41, 5.74) is 4.58. The summed E-state index contributed by atoms with van der Waals surface area (Å²) in [6.07, 6.45) is 7.13. The molecule has 4 rings (SSSR count). The molecule has 0 aliphatic rings. The molecule has 0 aromatic carbocycles. The maximum atomic E-state index is 4.72. The standard InChI is InChI=1S/C18H15BrN6/c1-12-4-2-7-21-17(12)15-8-16(22-10-13-5-3-6-20-9-13)25-18(24-15)14(19)11-23-25/h2-9,11,22H,10H2,1H3. The van der Waals surface area contributed by atoms with Gasteiger partial charge in [0.2, 0.25) is 0 Å². The minimum absolute atomic E-state index is 0.644. The molecule has 124 valence electrons. The summed E-state index contributed by atoms with van der Waals surface area (Å²) < 4.78 is 2.62. The molecule has 0 saturated carbocycles. The van der Waals surface area contributed by atoms with E-state index in [-0.39, 0.29) is 0 Å². The zero-order chi connectivity index (χ0) is 17.2. The summed E-state index contributed by atoms with van der Waals surface area (Å²) in [6.45, 7) is 2.67. The molecule has 0 saturated heterocycles. The Balaban J connectivity index is 1.78. The molecule has 0 unspecified atom stereocenters. The van der Waals surface area contributed by atoms with Crippen molar-refractivity contribution in [3.63, 3.8) is 0 Å². The van der Waals surface area contributed by atoms with Gasteiger partial charge in [-0.1, -0.05) is 12.1 Å². The zero-order valence-corrected chi connectivity index (χ0v) is 15.1. The number of anilines is 1. The Kier molecular flexibility index (Phi) is 4.15. The Morgan fingerprint density at radius 1 is 1.16 bits per heavy atom. The second kappa shape index (κ2) is 6.60. The molecule has 0 fully saturated rings. The van der Waals surface area contributed by atoms with E-state index in [0.717, 1.165) is 38.5 Å². The highest BCUT2D eigenvalue weighted by atomic mass is 79.9. The van der Waals surface area contributed by atoms with E-state index < -0.39 is 0 Å². The predicted octanol–water partition coefficient (Wildman–Crippen LogP) is 3.87. The number of aryl methyl sites for hydroxylation is 1. The Morgan fingerprint density at radius 3 is 2.84 bits per heavy atom. The number of halogens is 1. The van der Waals surface area contributed by atoms with Crippen molar-refractivity contribution in [3.8, 4) is 11.4 Å². The van der Waals surface area contributed by atoms with Crippen molar-refractivity contribution in [2.24, 2.45) is 0 Å². The fraction of sp³-hybridized carbons (Fsp3) is 0.111. The number of pyridine rings is 2. The molecule has 0 atom stereocenters. The number of fused-ring (bicyclic) bond motifs is 1. The Bertz CT molecular complexity index is 1030. The van der Waals surface area contributed by atoms with Gasteiger partial charge in [0.05, 0.1) is 22.1 Å². The molecule has 0 aliphatic heterocycles. The van der Waals surface area contributed by atoms with Crippen LogP contribution in [0.25, 0.3) is 17.0 Å². The van der Waals surface area contributed by atoms with Crippen LogP contribution in [0, 0.1) is 6.92 Å². The van der Waals surface area contributed by atoms with Crippen LogP contribution in [0.1, 0.15) is 11.1 Å². The highest BCUT2D eigenvalue weighted by molar-refractivity contribution is 9.10. The van der Waals surface area contributed by atoms with Gasteiger partial charge in [-0.25, -0.2) is 4.98 Å². The quantitative estimate of drug-likeness (QED) is 0.568. The second-order valence-corrected chi connectivity index (χ2v) is 6.49. The van der Waals surface area contributed by atoms with E-state index in [0.29, 0.717) is 6.54 Å². The molecule has 6 nitrogen and oxygen atoms in total. The fourth-order valence-corrected chi connectivity index (χ4v) is 2.98. The van der Waals surface area contributed by atoms with Crippen LogP contribution in [-0.2, 0) is 6.54 Å². The SMILES string of the molecule is Cc1cccnc1-c1cc(NCc2cccnc2)n2ncc(Br)c2n1. The van der Waals surface area contributed by atoms with Crippen LogP contribution >= 0.6 is 15.9 Å². The first-order chi connectivity index (χ1) is 12.2. The molecular formula is C18H15BrN6. The van der Waals surface area contributed by atoms with Crippen molar-refractivity contribution in [2.45, 2.75) is 13.5 Å². The van der Waals surface area contributed by atoms with Crippen molar-refractivity contribution in [1.29, 1.82) is 0 Å². The molecule has 4 aromatic heterocycles. The van der Waals surface area contributed by atoms with Crippen LogP contribution in [0.3, 0.4) is 0 Å². The first kappa shape index (κ1) is 15.7. The molecule has 0 spiro atoms. The molecule has 0 aliphatic carbocycles. The monoisotopic (exact) mass is 394 g/mol. The van der Waals surface area contributed by atoms with Gasteiger partial charge in [0.1, 0.15) is 5.82 Å². The van der Waals surface area contributed by atoms with E-state index in [2.05, 4.69) is 36.3 Å². The summed E-state index contributed by atoms with van der Waals surface area (Å²) in [7, 11) is 0. The topological polar surface area (TPSA) is 68.0 Å². The van der Waals surface area contributed by atoms with Crippen LogP contribution in [0.15, 0.2) is 59.6 Å². The highest BCUT2D eigenvalue weighted by Crippen LogP contribution is 2.26. The minimum Gasteiger partial charge on any atom is -0.366 e. The summed E-state index contributed by atoms with van der Waals surface area (Å²) in [6, 6.07) is 9.88. The lowest BCUT2D eigenvalue weighted by molar-refractivity contribution is 0.924. The van der Waals surface area contributed by atoms with E-state index in [1.807, 2.05) is 43.5 Å². The van der Waals surface area contributed by atoms with Crippen molar-refractivity contribution in [3.05, 3.63) is 70.7 Å². The molecule has 0 bridgehead atoms. The maximum absolute atomic E-state index is 4.72. The van der Waals surface area contributed by atoms with E-state index in [1.54, 1.807) is 23.1 Å². The normalized spacial score (nSPS) is 11.0. The first-order valence-corrected chi connectivity index (χ1v) is 8.61. The smallest absolute Gasteiger partial charge is 0.172 e. The first-order valence-electron chi connectivity index (χ1n) is 7.81. The Morgan fingerprint density at radius 2 is 2.04 bits per heavy atom. The lowest BCUT2D eigenvalue weighted by atomic mass is 10.1. The molecular weight excluding hydrogens is 380 g/mol. The van der Waals surface area contributed by atoms with Crippen LogP contribution in [0.5, 0.6) is 0 Å². The third kappa shape index (κ3) is 3.10. The number of nitrogens with zero attached hydrogens (tertiary/aromatic N) is 5. The Labute approximate surface area is 153 Å². The number of hydrogen-bond donors (Lipinski definition) is 1. The van der Waals surface area contributed by atoms with Crippen molar-refractivity contribution >= 4 is 27.4 Å². The van der Waals surface area contributed by atoms with Crippen molar-refractivity contribution in [1.82, 2.24) is 24.6 Å². The summed E-state index contributed by atoms with van der Waals surface area (Å²) in [5, 5.41) is 7.82. The number of nitrogens with one attached hydrogen (secondary N) is 1. The molecule has 1 N–H and O–H groups in total. The van der Waals surface area contributed by atoms with Crippen LogP contribution < -0.4 is 5.32 Å². The van der Waals surface area contributed by atoms with Gasteiger partial charge in [0.15, 0.2) is 5.65 Å². The number of aromatic nitrogens is 5. The molecule has 7 heteroatoms. The van der Waals surface area contributed by atoms with Gasteiger partial charge >= 0.3 is 0 Å². The molecule has 0 amide bonds. The van der Waals surface area contributed by atoms with Crippen LogP contribution in [-0.4, -0.2) is 24.6 Å². The lowest BCUT2D eigenvalue weighted by Crippen LogP contribution is -2.07. The van der Waals surface area contributed by atoms with E-state index in [1.165, 1.54) is 0 Å². The summed E-state index contributed by atoms with van der Waals surface area (Å²) in [5.74, 6) is 0.847. The van der Waals surface area contributed by atoms with E-state index >= 15 is 0 Å². The van der Waals surface area contributed by atoms with Crippen LogP contribution in [0.4, 0.5) is 5.82 Å². The molecule has 25 heavy (non-hydrogen) atoms. The number of rotatable bonds is 4. The molecule has 0 radical (unpaired) electrons. The van der Waals surface area contributed by atoms with Gasteiger partial charge in [-0.15, -0.1) is 0 Å². The largest absolute Gasteiger partial charge is 0.366 e. The average molecular weight is 395 g/mol. The second-order valence-electron chi connectivity index (χ2n) is 5.64. The molecule has 4 heterocycles. The summed E-state index contributed by atoms with van der Waals surface area (Å²) in [4.78, 5) is 13.4. The third-order valence-electron chi connectivity index (χ3n) is 3.88. The van der Waals surface area contributed by atoms with Gasteiger partial charge in [-0.2, -0.15) is 9.61 Å². The Hall–Kier alpha value is -2.80. The van der Waals surface area contributed by atoms with Gasteiger partial charge < -0.3 is 5.32 Å². The summed E-state index contributed by atoms with van der Waals surface area (Å²) >= 11 is 3.52. The average Bonchev–Trinajstić information content (AvgIpc) is 3.02. The highest BCUT2D eigenvalue weighted by Gasteiger charge is 2.13. The number of hydrogen-bond acceptors (Lipinski definition) is 5. The van der Waals surface area contributed by atoms with Gasteiger partial charge in [-0.05, 0) is 46.1 Å². The maximum Gasteiger partial charge on any atom is 0.172 e. The zero-order valence-electron chi connectivity index (χ0n) is 13.5. The van der Waals surface area contributed by atoms with Crippen LogP contribution in [0.2, 0.25) is 0 Å². The van der Waals surface area contributed by atoms with Crippen molar-refractivity contribution in [2.75, 3.05) is 5.32 Å². The van der Waals surface area contributed by atoms with E-state index in [9.17, 15) is 0 Å². The fourth-order valence-electron chi connectivity index (χ4n) is 2.63. The predicted molar refractivity (Wildman–Crippen MR) is 100 cm³/mol. The molecule has 4 aromatic rings. The lowest BCUT2D eigenvalue weighted by Gasteiger charge is -2.11. The van der Waals surface area contributed by atoms with Crippen molar-refractivity contribution < 1.29 is 0 Å². The van der Waals surface area contributed by atoms with Gasteiger partial charge in [0, 0.05) is 31.2 Å². The van der Waals surface area contributed by atoms with E-state index in [4.69, 9.17) is 4.98 Å². The minimum atomic E-state index is 0.644. The van der Waals surface area contributed by atoms with Gasteiger partial charge in [-0.3, -0.25) is 9.97 Å². The van der Waals surface area contributed by atoms with Gasteiger partial charge in [0.25, 0.3) is 0 Å².